The summed E-state index contributed by atoms with van der Waals surface area (Å²) in [5, 5.41) is 0.595. The maximum Gasteiger partial charge on any atom is 0.362 e. The van der Waals surface area contributed by atoms with Crippen LogP contribution < -0.4 is 4.74 Å². The van der Waals surface area contributed by atoms with Gasteiger partial charge in [-0.05, 0) is 31.2 Å². The summed E-state index contributed by atoms with van der Waals surface area (Å²) < 4.78 is 10.4. The molecule has 0 N–H and O–H groups in total. The largest absolute Gasteiger partial charge is 0.461 e. The minimum Gasteiger partial charge on any atom is -0.461 e. The molecule has 0 atom stereocenters. The zero-order chi connectivity index (χ0) is 13.7. The van der Waals surface area contributed by atoms with Gasteiger partial charge in [-0.3, -0.25) is 0 Å². The maximum absolute atomic E-state index is 11.7. The Balaban J connectivity index is 2.24. The van der Waals surface area contributed by atoms with Crippen molar-refractivity contribution in [1.82, 2.24) is 9.97 Å². The fourth-order valence-corrected chi connectivity index (χ4v) is 1.48. The molecule has 1 heterocycles. The molecule has 6 heteroatoms. The number of benzene rings is 1. The van der Waals surface area contributed by atoms with Gasteiger partial charge in [-0.25, -0.2) is 14.8 Å². The summed E-state index contributed by atoms with van der Waals surface area (Å²) >= 11 is 5.78. The van der Waals surface area contributed by atoms with E-state index in [2.05, 4.69) is 9.97 Å². The Hall–Kier alpha value is -2.14. The lowest BCUT2D eigenvalue weighted by Gasteiger charge is -2.08. The van der Waals surface area contributed by atoms with Gasteiger partial charge < -0.3 is 9.47 Å². The predicted octanol–water partition coefficient (Wildman–Crippen LogP) is 3.10. The molecular weight excluding hydrogens is 268 g/mol. The van der Waals surface area contributed by atoms with Crippen LogP contribution in [0.2, 0.25) is 5.02 Å². The van der Waals surface area contributed by atoms with Crippen LogP contribution in [0.25, 0.3) is 0 Å². The summed E-state index contributed by atoms with van der Waals surface area (Å²) in [4.78, 5) is 19.6. The van der Waals surface area contributed by atoms with E-state index in [-0.39, 0.29) is 18.2 Å². The number of esters is 1. The molecule has 98 valence electrons. The highest BCUT2D eigenvalue weighted by molar-refractivity contribution is 6.30. The minimum absolute atomic E-state index is 0.0410. The van der Waals surface area contributed by atoms with Gasteiger partial charge in [0.05, 0.1) is 6.61 Å². The van der Waals surface area contributed by atoms with Gasteiger partial charge in [0.15, 0.2) is 0 Å². The Morgan fingerprint density at radius 3 is 2.58 bits per heavy atom. The van der Waals surface area contributed by atoms with Crippen molar-refractivity contribution in [2.75, 3.05) is 6.61 Å². The van der Waals surface area contributed by atoms with Gasteiger partial charge in [0.2, 0.25) is 5.69 Å². The first-order valence-electron chi connectivity index (χ1n) is 5.62. The quantitative estimate of drug-likeness (QED) is 0.804. The molecule has 5 nitrogen and oxygen atoms in total. The van der Waals surface area contributed by atoms with Gasteiger partial charge >= 0.3 is 5.97 Å². The van der Waals surface area contributed by atoms with E-state index in [4.69, 9.17) is 21.1 Å². The summed E-state index contributed by atoms with van der Waals surface area (Å²) in [5.74, 6) is 0.0401. The summed E-state index contributed by atoms with van der Waals surface area (Å²) in [6.45, 7) is 1.98. The Morgan fingerprint density at radius 2 is 1.89 bits per heavy atom. The maximum atomic E-state index is 11.7. The average Bonchev–Trinajstić information content (AvgIpc) is 2.42. The van der Waals surface area contributed by atoms with E-state index in [0.29, 0.717) is 10.8 Å². The third kappa shape index (κ3) is 3.42. The number of rotatable bonds is 4. The SMILES string of the molecule is CCOC(=O)c1nccnc1Oc1ccc(Cl)cc1. The predicted molar refractivity (Wildman–Crippen MR) is 69.5 cm³/mol. The summed E-state index contributed by atoms with van der Waals surface area (Å²) in [6.07, 6.45) is 2.84. The van der Waals surface area contributed by atoms with E-state index in [1.807, 2.05) is 0 Å². The van der Waals surface area contributed by atoms with Gasteiger partial charge in [-0.15, -0.1) is 0 Å². The van der Waals surface area contributed by atoms with Crippen LogP contribution in [0.4, 0.5) is 0 Å². The molecule has 0 radical (unpaired) electrons. The highest BCUT2D eigenvalue weighted by Crippen LogP contribution is 2.23. The number of aromatic nitrogens is 2. The number of hydrogen-bond donors (Lipinski definition) is 0. The van der Waals surface area contributed by atoms with Crippen LogP contribution >= 0.6 is 11.6 Å². The Kier molecular flexibility index (Phi) is 4.30. The normalized spacial score (nSPS) is 10.0. The van der Waals surface area contributed by atoms with Crippen molar-refractivity contribution >= 4 is 17.6 Å². The van der Waals surface area contributed by atoms with Crippen LogP contribution in [0.5, 0.6) is 11.6 Å². The van der Waals surface area contributed by atoms with Crippen molar-refractivity contribution in [3.8, 4) is 11.6 Å². The molecule has 0 unspecified atom stereocenters. The van der Waals surface area contributed by atoms with Crippen LogP contribution in [-0.4, -0.2) is 22.5 Å². The lowest BCUT2D eigenvalue weighted by Crippen LogP contribution is -2.09. The second-order valence-corrected chi connectivity index (χ2v) is 3.92. The molecule has 0 aliphatic heterocycles. The van der Waals surface area contributed by atoms with Crippen molar-refractivity contribution in [2.24, 2.45) is 0 Å². The molecule has 0 spiro atoms. The monoisotopic (exact) mass is 278 g/mol. The van der Waals surface area contributed by atoms with Crippen LogP contribution in [0, 0.1) is 0 Å². The van der Waals surface area contributed by atoms with Crippen LogP contribution in [0.3, 0.4) is 0 Å². The highest BCUT2D eigenvalue weighted by atomic mass is 35.5. The van der Waals surface area contributed by atoms with E-state index < -0.39 is 5.97 Å². The highest BCUT2D eigenvalue weighted by Gasteiger charge is 2.17. The van der Waals surface area contributed by atoms with Crippen molar-refractivity contribution in [2.45, 2.75) is 6.92 Å². The molecule has 1 aromatic carbocycles. The van der Waals surface area contributed by atoms with Crippen LogP contribution in [0.1, 0.15) is 17.4 Å². The Labute approximate surface area is 115 Å². The molecule has 1 aromatic heterocycles. The van der Waals surface area contributed by atoms with Crippen LogP contribution in [-0.2, 0) is 4.74 Å². The smallest absolute Gasteiger partial charge is 0.362 e. The molecule has 0 saturated heterocycles. The van der Waals surface area contributed by atoms with E-state index in [9.17, 15) is 4.79 Å². The van der Waals surface area contributed by atoms with E-state index in [1.54, 1.807) is 31.2 Å². The number of ether oxygens (including phenoxy) is 2. The first-order chi connectivity index (χ1) is 9.20. The molecule has 0 aliphatic rings. The van der Waals surface area contributed by atoms with Crippen LogP contribution in [0.15, 0.2) is 36.7 Å². The standard InChI is InChI=1S/C13H11ClN2O3/c1-2-18-13(17)11-12(16-8-7-15-11)19-10-5-3-9(14)4-6-10/h3-8H,2H2,1H3. The first kappa shape index (κ1) is 13.3. The van der Waals surface area contributed by atoms with Gasteiger partial charge in [-0.1, -0.05) is 11.6 Å². The number of hydrogen-bond acceptors (Lipinski definition) is 5. The van der Waals surface area contributed by atoms with Gasteiger partial charge in [0, 0.05) is 17.4 Å². The number of carbonyl (C=O) groups is 1. The van der Waals surface area contributed by atoms with Crippen molar-refractivity contribution in [3.05, 3.63) is 47.4 Å². The Bertz CT molecular complexity index is 572. The van der Waals surface area contributed by atoms with Gasteiger partial charge in [-0.2, -0.15) is 0 Å². The first-order valence-corrected chi connectivity index (χ1v) is 6.00. The Morgan fingerprint density at radius 1 is 1.21 bits per heavy atom. The lowest BCUT2D eigenvalue weighted by molar-refractivity contribution is 0.0515. The van der Waals surface area contributed by atoms with E-state index in [1.165, 1.54) is 12.4 Å². The van der Waals surface area contributed by atoms with E-state index >= 15 is 0 Å². The molecule has 2 aromatic rings. The zero-order valence-corrected chi connectivity index (χ0v) is 10.9. The topological polar surface area (TPSA) is 61.3 Å². The fourth-order valence-electron chi connectivity index (χ4n) is 1.35. The number of carbonyl (C=O) groups excluding carboxylic acids is 1. The molecule has 0 bridgehead atoms. The van der Waals surface area contributed by atoms with E-state index in [0.717, 1.165) is 0 Å². The molecule has 2 rings (SSSR count). The molecule has 0 amide bonds. The summed E-state index contributed by atoms with van der Waals surface area (Å²) in [6, 6.07) is 6.70. The van der Waals surface area contributed by atoms with Crippen molar-refractivity contribution in [3.63, 3.8) is 0 Å². The molecule has 19 heavy (non-hydrogen) atoms. The second-order valence-electron chi connectivity index (χ2n) is 3.49. The van der Waals surface area contributed by atoms with Crippen molar-refractivity contribution in [1.29, 1.82) is 0 Å². The second kappa shape index (κ2) is 6.15. The fraction of sp³-hybridized carbons (Fsp3) is 0.154. The molecule has 0 saturated carbocycles. The molecule has 0 fully saturated rings. The van der Waals surface area contributed by atoms with Gasteiger partial charge in [0.1, 0.15) is 5.75 Å². The summed E-state index contributed by atoms with van der Waals surface area (Å²) in [5.41, 5.74) is 0.0410. The average molecular weight is 279 g/mol. The molecular formula is C13H11ClN2O3. The minimum atomic E-state index is -0.570. The zero-order valence-electron chi connectivity index (χ0n) is 10.2. The van der Waals surface area contributed by atoms with Gasteiger partial charge in [0.25, 0.3) is 5.88 Å². The number of halogens is 1. The van der Waals surface area contributed by atoms with Crippen molar-refractivity contribution < 1.29 is 14.3 Å². The number of nitrogens with zero attached hydrogens (tertiary/aromatic N) is 2. The lowest BCUT2D eigenvalue weighted by atomic mass is 10.3. The third-order valence-corrected chi connectivity index (χ3v) is 2.41. The third-order valence-electron chi connectivity index (χ3n) is 2.16. The molecule has 0 aliphatic carbocycles. The summed E-state index contributed by atoms with van der Waals surface area (Å²) in [7, 11) is 0.